The SMILES string of the molecule is CC(CNC(=O)CCc1ccc(S(=O)(=O)NC2CC2)cc1)N(C)c1ccccc1. The highest BCUT2D eigenvalue weighted by molar-refractivity contribution is 7.89. The fourth-order valence-corrected chi connectivity index (χ4v) is 4.29. The van der Waals surface area contributed by atoms with Crippen LogP contribution in [-0.2, 0) is 21.2 Å². The van der Waals surface area contributed by atoms with E-state index in [2.05, 4.69) is 21.9 Å². The van der Waals surface area contributed by atoms with Crippen LogP contribution in [0, 0.1) is 0 Å². The zero-order valence-corrected chi connectivity index (χ0v) is 17.8. The Kier molecular flexibility index (Phi) is 6.92. The van der Waals surface area contributed by atoms with E-state index in [-0.39, 0.29) is 22.9 Å². The second kappa shape index (κ2) is 9.41. The van der Waals surface area contributed by atoms with Crippen LogP contribution in [0.1, 0.15) is 31.7 Å². The fourth-order valence-electron chi connectivity index (χ4n) is 2.99. The van der Waals surface area contributed by atoms with Crippen LogP contribution in [0.15, 0.2) is 59.5 Å². The van der Waals surface area contributed by atoms with E-state index in [0.717, 1.165) is 24.1 Å². The molecule has 1 atom stereocenters. The lowest BCUT2D eigenvalue weighted by Crippen LogP contribution is -2.40. The van der Waals surface area contributed by atoms with Crippen LogP contribution in [-0.4, -0.2) is 40.0 Å². The molecule has 0 bridgehead atoms. The Balaban J connectivity index is 1.43. The van der Waals surface area contributed by atoms with E-state index in [1.165, 1.54) is 0 Å². The van der Waals surface area contributed by atoms with Crippen molar-refractivity contribution in [2.45, 2.75) is 49.6 Å². The number of aryl methyl sites for hydroxylation is 1. The molecule has 1 saturated carbocycles. The van der Waals surface area contributed by atoms with Crippen LogP contribution in [0.25, 0.3) is 0 Å². The predicted octanol–water partition coefficient (Wildman–Crippen LogP) is 2.70. The molecule has 29 heavy (non-hydrogen) atoms. The molecule has 7 heteroatoms. The summed E-state index contributed by atoms with van der Waals surface area (Å²) in [7, 11) is -1.41. The summed E-state index contributed by atoms with van der Waals surface area (Å²) in [4.78, 5) is 14.6. The van der Waals surface area contributed by atoms with Crippen molar-refractivity contribution in [1.29, 1.82) is 0 Å². The van der Waals surface area contributed by atoms with Gasteiger partial charge in [0, 0.05) is 37.8 Å². The molecule has 2 aromatic carbocycles. The van der Waals surface area contributed by atoms with Gasteiger partial charge in [-0.25, -0.2) is 13.1 Å². The highest BCUT2D eigenvalue weighted by atomic mass is 32.2. The lowest BCUT2D eigenvalue weighted by Gasteiger charge is -2.27. The van der Waals surface area contributed by atoms with Crippen LogP contribution < -0.4 is 14.9 Å². The van der Waals surface area contributed by atoms with Crippen molar-refractivity contribution < 1.29 is 13.2 Å². The average molecular weight is 416 g/mol. The molecule has 6 nitrogen and oxygen atoms in total. The molecule has 0 aliphatic heterocycles. The van der Waals surface area contributed by atoms with E-state index in [4.69, 9.17) is 0 Å². The Labute approximate surface area is 173 Å². The number of benzene rings is 2. The summed E-state index contributed by atoms with van der Waals surface area (Å²) in [5.74, 6) is -0.00888. The maximum absolute atomic E-state index is 12.2. The molecule has 1 fully saturated rings. The number of nitrogens with zero attached hydrogens (tertiary/aromatic N) is 1. The second-order valence-corrected chi connectivity index (χ2v) is 9.35. The molecule has 156 valence electrons. The first kappa shape index (κ1) is 21.3. The number of carbonyl (C=O) groups is 1. The van der Waals surface area contributed by atoms with Crippen LogP contribution in [0.2, 0.25) is 0 Å². The van der Waals surface area contributed by atoms with Gasteiger partial charge in [0.05, 0.1) is 4.90 Å². The third-order valence-corrected chi connectivity index (χ3v) is 6.73. The minimum Gasteiger partial charge on any atom is -0.370 e. The number of anilines is 1. The van der Waals surface area contributed by atoms with E-state index in [0.29, 0.717) is 19.4 Å². The number of hydrogen-bond donors (Lipinski definition) is 2. The number of hydrogen-bond acceptors (Lipinski definition) is 4. The van der Waals surface area contributed by atoms with Gasteiger partial charge in [0.25, 0.3) is 0 Å². The van der Waals surface area contributed by atoms with Gasteiger partial charge in [-0.1, -0.05) is 30.3 Å². The molecule has 2 N–H and O–H groups in total. The largest absolute Gasteiger partial charge is 0.370 e. The molecule has 1 aliphatic rings. The summed E-state index contributed by atoms with van der Waals surface area (Å²) < 4.78 is 27.0. The molecule has 1 unspecified atom stereocenters. The lowest BCUT2D eigenvalue weighted by molar-refractivity contribution is -0.121. The van der Waals surface area contributed by atoms with Crippen LogP contribution in [0.3, 0.4) is 0 Å². The van der Waals surface area contributed by atoms with Crippen molar-refractivity contribution >= 4 is 21.6 Å². The van der Waals surface area contributed by atoms with Gasteiger partial charge < -0.3 is 10.2 Å². The van der Waals surface area contributed by atoms with Gasteiger partial charge >= 0.3 is 0 Å². The quantitative estimate of drug-likeness (QED) is 0.625. The van der Waals surface area contributed by atoms with E-state index in [1.807, 2.05) is 37.4 Å². The molecule has 3 rings (SSSR count). The minimum absolute atomic E-state index is 0.00888. The minimum atomic E-state index is -3.43. The Bertz CT molecular complexity index is 910. The van der Waals surface area contributed by atoms with Gasteiger partial charge in [0.15, 0.2) is 0 Å². The zero-order valence-electron chi connectivity index (χ0n) is 17.0. The van der Waals surface area contributed by atoms with Crippen molar-refractivity contribution in [2.75, 3.05) is 18.5 Å². The normalized spacial score (nSPS) is 15.0. The summed E-state index contributed by atoms with van der Waals surface area (Å²) in [5.41, 5.74) is 2.06. The molecule has 1 aliphatic carbocycles. The Morgan fingerprint density at radius 3 is 2.38 bits per heavy atom. The van der Waals surface area contributed by atoms with Gasteiger partial charge in [0.2, 0.25) is 15.9 Å². The Morgan fingerprint density at radius 2 is 1.76 bits per heavy atom. The summed E-state index contributed by atoms with van der Waals surface area (Å²) in [6, 6.07) is 17.1. The fraction of sp³-hybridized carbons (Fsp3) is 0.409. The van der Waals surface area contributed by atoms with Gasteiger partial charge in [0.1, 0.15) is 0 Å². The van der Waals surface area contributed by atoms with Crippen LogP contribution >= 0.6 is 0 Å². The molecule has 0 spiro atoms. The molecule has 2 aromatic rings. The maximum atomic E-state index is 12.2. The van der Waals surface area contributed by atoms with Crippen LogP contribution in [0.5, 0.6) is 0 Å². The van der Waals surface area contributed by atoms with Crippen molar-refractivity contribution in [3.63, 3.8) is 0 Å². The molecular weight excluding hydrogens is 386 g/mol. The maximum Gasteiger partial charge on any atom is 0.240 e. The Morgan fingerprint density at radius 1 is 1.10 bits per heavy atom. The van der Waals surface area contributed by atoms with Crippen LogP contribution in [0.4, 0.5) is 5.69 Å². The Hall–Kier alpha value is -2.38. The van der Waals surface area contributed by atoms with Gasteiger partial charge in [-0.15, -0.1) is 0 Å². The van der Waals surface area contributed by atoms with Gasteiger partial charge in [-0.3, -0.25) is 4.79 Å². The monoisotopic (exact) mass is 415 g/mol. The molecule has 1 amide bonds. The van der Waals surface area contributed by atoms with Crippen molar-refractivity contribution in [1.82, 2.24) is 10.0 Å². The number of para-hydroxylation sites is 1. The lowest BCUT2D eigenvalue weighted by atomic mass is 10.1. The second-order valence-electron chi connectivity index (χ2n) is 7.64. The number of amides is 1. The summed E-state index contributed by atoms with van der Waals surface area (Å²) in [5, 5.41) is 2.98. The van der Waals surface area contributed by atoms with Gasteiger partial charge in [-0.2, -0.15) is 0 Å². The number of rotatable bonds is 10. The van der Waals surface area contributed by atoms with Crippen molar-refractivity contribution in [3.05, 3.63) is 60.2 Å². The average Bonchev–Trinajstić information content (AvgIpc) is 3.54. The summed E-state index contributed by atoms with van der Waals surface area (Å²) >= 11 is 0. The number of carbonyl (C=O) groups excluding carboxylic acids is 1. The highest BCUT2D eigenvalue weighted by Crippen LogP contribution is 2.22. The first-order chi connectivity index (χ1) is 13.8. The first-order valence-electron chi connectivity index (χ1n) is 10.0. The summed E-state index contributed by atoms with van der Waals surface area (Å²) in [6.07, 6.45) is 2.76. The van der Waals surface area contributed by atoms with E-state index in [1.54, 1.807) is 24.3 Å². The topological polar surface area (TPSA) is 78.5 Å². The summed E-state index contributed by atoms with van der Waals surface area (Å²) in [6.45, 7) is 2.64. The van der Waals surface area contributed by atoms with E-state index in [9.17, 15) is 13.2 Å². The van der Waals surface area contributed by atoms with Crippen molar-refractivity contribution in [2.24, 2.45) is 0 Å². The third kappa shape index (κ3) is 6.30. The molecule has 0 radical (unpaired) electrons. The molecule has 0 saturated heterocycles. The zero-order chi connectivity index (χ0) is 20.9. The van der Waals surface area contributed by atoms with E-state index < -0.39 is 10.0 Å². The highest BCUT2D eigenvalue weighted by Gasteiger charge is 2.27. The number of likely N-dealkylation sites (N-methyl/N-ethyl adjacent to an activating group) is 1. The predicted molar refractivity (Wildman–Crippen MR) is 115 cm³/mol. The molecule has 0 aromatic heterocycles. The van der Waals surface area contributed by atoms with Crippen molar-refractivity contribution in [3.8, 4) is 0 Å². The smallest absolute Gasteiger partial charge is 0.240 e. The molecular formula is C22H29N3O3S. The molecule has 0 heterocycles. The van der Waals surface area contributed by atoms with E-state index >= 15 is 0 Å². The standard InChI is InChI=1S/C22H29N3O3S/c1-17(25(2)20-6-4-3-5-7-20)16-23-22(26)15-10-18-8-13-21(14-9-18)29(27,28)24-19-11-12-19/h3-9,13-14,17,19,24H,10-12,15-16H2,1-2H3,(H,23,26). The number of nitrogens with one attached hydrogen (secondary N) is 2. The first-order valence-corrected chi connectivity index (χ1v) is 11.5. The third-order valence-electron chi connectivity index (χ3n) is 5.19. The number of sulfonamides is 1. The van der Waals surface area contributed by atoms with Gasteiger partial charge in [-0.05, 0) is 56.0 Å².